The number of nitrogens with one attached hydrogen (secondary N) is 1. The lowest BCUT2D eigenvalue weighted by molar-refractivity contribution is 0.0697. The summed E-state index contributed by atoms with van der Waals surface area (Å²) < 4.78 is 0. The third-order valence-corrected chi connectivity index (χ3v) is 4.64. The second-order valence-electron chi connectivity index (χ2n) is 4.70. The highest BCUT2D eigenvalue weighted by Gasteiger charge is 2.24. The molecule has 0 bridgehead atoms. The minimum atomic E-state index is -0.872. The van der Waals surface area contributed by atoms with Gasteiger partial charge < -0.3 is 10.4 Å². The Balaban J connectivity index is 2.07. The van der Waals surface area contributed by atoms with Crippen molar-refractivity contribution in [3.8, 4) is 0 Å². The largest absolute Gasteiger partial charge is 0.478 e. The zero-order valence-electron chi connectivity index (χ0n) is 10.6. The number of anilines is 1. The Bertz CT molecular complexity index is 422. The fraction of sp³-hybridized carbons (Fsp3) is 0.500. The van der Waals surface area contributed by atoms with E-state index in [1.165, 1.54) is 25.7 Å². The molecule has 0 heterocycles. The van der Waals surface area contributed by atoms with Gasteiger partial charge in [0, 0.05) is 17.0 Å². The van der Waals surface area contributed by atoms with Crippen LogP contribution in [0.2, 0.25) is 0 Å². The maximum atomic E-state index is 10.9. The van der Waals surface area contributed by atoms with E-state index in [-0.39, 0.29) is 0 Å². The van der Waals surface area contributed by atoms with Crippen molar-refractivity contribution in [2.75, 3.05) is 11.6 Å². The van der Waals surface area contributed by atoms with Gasteiger partial charge in [0.05, 0.1) is 5.56 Å². The quantitative estimate of drug-likeness (QED) is 0.875. The molecule has 2 rings (SSSR count). The lowest BCUT2D eigenvalue weighted by Crippen LogP contribution is -2.34. The number of carbonyl (C=O) groups is 1. The van der Waals surface area contributed by atoms with Crippen molar-refractivity contribution in [3.05, 3.63) is 29.8 Å². The highest BCUT2D eigenvalue weighted by atomic mass is 32.2. The van der Waals surface area contributed by atoms with E-state index < -0.39 is 5.97 Å². The maximum Gasteiger partial charge on any atom is 0.335 e. The number of thioether (sulfide) groups is 1. The molecular weight excluding hydrogens is 246 g/mol. The molecule has 1 aliphatic carbocycles. The van der Waals surface area contributed by atoms with Crippen molar-refractivity contribution in [2.24, 2.45) is 0 Å². The van der Waals surface area contributed by atoms with Crippen LogP contribution >= 0.6 is 11.8 Å². The molecule has 18 heavy (non-hydrogen) atoms. The van der Waals surface area contributed by atoms with Crippen molar-refractivity contribution < 1.29 is 9.90 Å². The molecule has 1 aliphatic rings. The zero-order chi connectivity index (χ0) is 13.0. The number of rotatable bonds is 4. The Labute approximate surface area is 112 Å². The Morgan fingerprint density at radius 2 is 2.17 bits per heavy atom. The third-order valence-electron chi connectivity index (χ3n) is 3.47. The monoisotopic (exact) mass is 265 g/mol. The van der Waals surface area contributed by atoms with E-state index in [0.29, 0.717) is 16.9 Å². The smallest absolute Gasteiger partial charge is 0.335 e. The first-order chi connectivity index (χ1) is 8.70. The number of hydrogen-bond donors (Lipinski definition) is 2. The van der Waals surface area contributed by atoms with E-state index in [1.807, 2.05) is 17.8 Å². The summed E-state index contributed by atoms with van der Waals surface area (Å²) in [6, 6.07) is 7.54. The summed E-state index contributed by atoms with van der Waals surface area (Å²) >= 11 is 1.90. The van der Waals surface area contributed by atoms with Crippen LogP contribution in [0.5, 0.6) is 0 Å². The van der Waals surface area contributed by atoms with E-state index >= 15 is 0 Å². The van der Waals surface area contributed by atoms with Crippen molar-refractivity contribution in [3.63, 3.8) is 0 Å². The first-order valence-corrected chi connectivity index (χ1v) is 7.62. The minimum Gasteiger partial charge on any atom is -0.478 e. The molecule has 0 aromatic heterocycles. The summed E-state index contributed by atoms with van der Waals surface area (Å²) in [6.45, 7) is 0. The minimum absolute atomic E-state index is 0.344. The van der Waals surface area contributed by atoms with E-state index in [2.05, 4.69) is 11.6 Å². The number of hydrogen-bond acceptors (Lipinski definition) is 3. The molecule has 1 aromatic rings. The Hall–Kier alpha value is -1.16. The molecule has 1 saturated carbocycles. The van der Waals surface area contributed by atoms with Crippen LogP contribution < -0.4 is 5.32 Å². The third kappa shape index (κ3) is 3.19. The average Bonchev–Trinajstić information content (AvgIpc) is 2.39. The summed E-state index contributed by atoms with van der Waals surface area (Å²) in [7, 11) is 0. The number of carboxylic acids is 1. The van der Waals surface area contributed by atoms with E-state index in [4.69, 9.17) is 5.11 Å². The van der Waals surface area contributed by atoms with Gasteiger partial charge in [-0.2, -0.15) is 11.8 Å². The Morgan fingerprint density at radius 1 is 1.39 bits per heavy atom. The molecule has 4 heteroatoms. The predicted molar refractivity (Wildman–Crippen MR) is 76.6 cm³/mol. The SMILES string of the molecule is CSC1CCCCC1Nc1cccc(C(=O)O)c1. The Morgan fingerprint density at radius 3 is 2.89 bits per heavy atom. The normalized spacial score (nSPS) is 23.6. The van der Waals surface area contributed by atoms with Gasteiger partial charge in [0.15, 0.2) is 0 Å². The van der Waals surface area contributed by atoms with Gasteiger partial charge in [0.25, 0.3) is 0 Å². The van der Waals surface area contributed by atoms with E-state index in [1.54, 1.807) is 18.2 Å². The lowest BCUT2D eigenvalue weighted by Gasteiger charge is -2.31. The molecule has 2 atom stereocenters. The maximum absolute atomic E-state index is 10.9. The molecule has 2 N–H and O–H groups in total. The van der Waals surface area contributed by atoms with Gasteiger partial charge in [0.1, 0.15) is 0 Å². The summed E-state index contributed by atoms with van der Waals surface area (Å²) in [5.41, 5.74) is 1.26. The van der Waals surface area contributed by atoms with E-state index in [9.17, 15) is 4.79 Å². The number of benzene rings is 1. The first-order valence-electron chi connectivity index (χ1n) is 6.33. The van der Waals surface area contributed by atoms with E-state index in [0.717, 1.165) is 5.69 Å². The topological polar surface area (TPSA) is 49.3 Å². The molecule has 0 radical (unpaired) electrons. The van der Waals surface area contributed by atoms with Gasteiger partial charge in [-0.15, -0.1) is 0 Å². The van der Waals surface area contributed by atoms with Gasteiger partial charge in [-0.25, -0.2) is 4.79 Å². The predicted octanol–water partition coefficient (Wildman–Crippen LogP) is 3.47. The summed E-state index contributed by atoms with van der Waals surface area (Å²) in [5.74, 6) is -0.872. The highest BCUT2D eigenvalue weighted by molar-refractivity contribution is 7.99. The van der Waals surface area contributed by atoms with Crippen molar-refractivity contribution in [2.45, 2.75) is 37.0 Å². The molecule has 98 valence electrons. The molecule has 1 aromatic carbocycles. The van der Waals surface area contributed by atoms with Crippen molar-refractivity contribution in [1.29, 1.82) is 0 Å². The fourth-order valence-corrected chi connectivity index (χ4v) is 3.44. The van der Waals surface area contributed by atoms with Crippen LogP contribution in [0.25, 0.3) is 0 Å². The van der Waals surface area contributed by atoms with Gasteiger partial charge in [-0.1, -0.05) is 18.9 Å². The Kier molecular flexibility index (Phi) is 4.53. The molecule has 0 spiro atoms. The molecule has 0 amide bonds. The van der Waals surface area contributed by atoms with Gasteiger partial charge in [-0.05, 0) is 37.3 Å². The fourth-order valence-electron chi connectivity index (χ4n) is 2.50. The first kappa shape index (κ1) is 13.3. The van der Waals surface area contributed by atoms with Crippen LogP contribution in [0.4, 0.5) is 5.69 Å². The van der Waals surface area contributed by atoms with Crippen LogP contribution in [-0.4, -0.2) is 28.6 Å². The zero-order valence-corrected chi connectivity index (χ0v) is 11.4. The van der Waals surface area contributed by atoms with Crippen LogP contribution in [-0.2, 0) is 0 Å². The van der Waals surface area contributed by atoms with Crippen LogP contribution in [0.1, 0.15) is 36.0 Å². The summed E-state index contributed by atoms with van der Waals surface area (Å²) in [6.07, 6.45) is 7.13. The molecule has 0 aliphatic heterocycles. The van der Waals surface area contributed by atoms with Crippen LogP contribution in [0.15, 0.2) is 24.3 Å². The molecular formula is C14H19NO2S. The second-order valence-corrected chi connectivity index (χ2v) is 5.77. The standard InChI is InChI=1S/C14H19NO2S/c1-18-13-8-3-2-7-12(13)15-11-6-4-5-10(9-11)14(16)17/h4-6,9,12-13,15H,2-3,7-8H2,1H3,(H,16,17). The average molecular weight is 265 g/mol. The summed E-state index contributed by atoms with van der Waals surface area (Å²) in [5, 5.41) is 13.1. The van der Waals surface area contributed by atoms with Crippen LogP contribution in [0, 0.1) is 0 Å². The van der Waals surface area contributed by atoms with Crippen LogP contribution in [0.3, 0.4) is 0 Å². The van der Waals surface area contributed by atoms with Crippen molar-refractivity contribution >= 4 is 23.4 Å². The highest BCUT2D eigenvalue weighted by Crippen LogP contribution is 2.29. The molecule has 1 fully saturated rings. The molecule has 3 nitrogen and oxygen atoms in total. The lowest BCUT2D eigenvalue weighted by atomic mass is 9.94. The second kappa shape index (κ2) is 6.14. The van der Waals surface area contributed by atoms with Crippen molar-refractivity contribution in [1.82, 2.24) is 0 Å². The van der Waals surface area contributed by atoms with Gasteiger partial charge in [-0.3, -0.25) is 0 Å². The van der Waals surface area contributed by atoms with Gasteiger partial charge >= 0.3 is 5.97 Å². The molecule has 0 saturated heterocycles. The summed E-state index contributed by atoms with van der Waals surface area (Å²) in [4.78, 5) is 10.9. The van der Waals surface area contributed by atoms with Gasteiger partial charge in [0.2, 0.25) is 0 Å². The molecule has 2 unspecified atom stereocenters. The number of aromatic carboxylic acids is 1. The number of carboxylic acid groups (broad SMARTS) is 1.